The topological polar surface area (TPSA) is 35.5 Å². The highest BCUT2D eigenvalue weighted by Crippen LogP contribution is 2.14. The summed E-state index contributed by atoms with van der Waals surface area (Å²) in [6.07, 6.45) is 6.43. The van der Waals surface area contributed by atoms with Crippen molar-refractivity contribution in [2.45, 2.75) is 33.5 Å². The van der Waals surface area contributed by atoms with Gasteiger partial charge in [0, 0.05) is 6.08 Å². The predicted molar refractivity (Wildman–Crippen MR) is 74.6 cm³/mol. The van der Waals surface area contributed by atoms with Gasteiger partial charge in [0.1, 0.15) is 12.4 Å². The summed E-state index contributed by atoms with van der Waals surface area (Å²) in [5.41, 5.74) is 1.81. The van der Waals surface area contributed by atoms with E-state index in [0.29, 0.717) is 5.75 Å². The van der Waals surface area contributed by atoms with Gasteiger partial charge in [0.25, 0.3) is 0 Å². The summed E-state index contributed by atoms with van der Waals surface area (Å²) in [5.74, 6) is 2.86. The zero-order chi connectivity index (χ0) is 14.3. The maximum atomic E-state index is 11.3. The van der Waals surface area contributed by atoms with Gasteiger partial charge in [0.2, 0.25) is 0 Å². The molecule has 0 bridgehead atoms. The third kappa shape index (κ3) is 5.78. The first-order valence-corrected chi connectivity index (χ1v) is 6.04. The molecule has 100 valence electrons. The van der Waals surface area contributed by atoms with Crippen LogP contribution in [0.1, 0.15) is 26.3 Å². The van der Waals surface area contributed by atoms with Crippen LogP contribution < -0.4 is 4.74 Å². The molecule has 0 aromatic heterocycles. The number of hydrogen-bond acceptors (Lipinski definition) is 3. The van der Waals surface area contributed by atoms with Crippen LogP contribution >= 0.6 is 0 Å². The molecule has 0 N–H and O–H groups in total. The normalized spacial score (nSPS) is 11.1. The number of carbonyl (C=O) groups is 1. The second-order valence-electron chi connectivity index (χ2n) is 4.40. The first kappa shape index (κ1) is 14.8. The minimum atomic E-state index is -0.332. The first-order valence-electron chi connectivity index (χ1n) is 6.04. The Morgan fingerprint density at radius 2 is 2.00 bits per heavy atom. The Morgan fingerprint density at radius 3 is 2.53 bits per heavy atom. The largest absolute Gasteiger partial charge is 0.478 e. The zero-order valence-corrected chi connectivity index (χ0v) is 11.5. The number of carbonyl (C=O) groups excluding carboxylic acids is 1. The second kappa shape index (κ2) is 7.27. The molecule has 0 aliphatic rings. The van der Waals surface area contributed by atoms with Crippen LogP contribution in [0.15, 0.2) is 35.9 Å². The van der Waals surface area contributed by atoms with Crippen LogP contribution in [-0.4, -0.2) is 12.1 Å². The fourth-order valence-electron chi connectivity index (χ4n) is 1.33. The fourth-order valence-corrected chi connectivity index (χ4v) is 1.33. The van der Waals surface area contributed by atoms with Crippen molar-refractivity contribution in [1.29, 1.82) is 0 Å². The Hall–Kier alpha value is -2.21. The average molecular weight is 258 g/mol. The van der Waals surface area contributed by atoms with Gasteiger partial charge in [0.15, 0.2) is 6.10 Å². The molecule has 3 nitrogen and oxygen atoms in total. The van der Waals surface area contributed by atoms with E-state index in [0.717, 1.165) is 11.1 Å². The van der Waals surface area contributed by atoms with Gasteiger partial charge in [-0.15, -0.1) is 6.42 Å². The molecule has 0 radical (unpaired) electrons. The molecule has 3 heteroatoms. The third-order valence-electron chi connectivity index (χ3n) is 2.26. The van der Waals surface area contributed by atoms with Crippen molar-refractivity contribution in [3.63, 3.8) is 0 Å². The summed E-state index contributed by atoms with van der Waals surface area (Å²) in [7, 11) is 0. The highest BCUT2D eigenvalue weighted by atomic mass is 16.5. The van der Waals surface area contributed by atoms with E-state index in [1.54, 1.807) is 19.1 Å². The monoisotopic (exact) mass is 258 g/mol. The molecule has 1 aromatic rings. The fraction of sp³-hybridized carbons (Fsp3) is 0.312. The van der Waals surface area contributed by atoms with E-state index in [4.69, 9.17) is 15.9 Å². The van der Waals surface area contributed by atoms with Crippen molar-refractivity contribution in [1.82, 2.24) is 0 Å². The van der Waals surface area contributed by atoms with Crippen LogP contribution in [-0.2, 0) is 16.1 Å². The molecule has 0 unspecified atom stereocenters. The van der Waals surface area contributed by atoms with E-state index in [2.05, 4.69) is 5.92 Å². The highest BCUT2D eigenvalue weighted by Gasteiger charge is 2.02. The number of allylic oxidation sites excluding steroid dienone is 1. The summed E-state index contributed by atoms with van der Waals surface area (Å²) in [5, 5.41) is 0. The quantitative estimate of drug-likeness (QED) is 0.462. The number of rotatable bonds is 5. The Labute approximate surface area is 114 Å². The summed E-state index contributed by atoms with van der Waals surface area (Å²) < 4.78 is 10.5. The first-order chi connectivity index (χ1) is 9.01. The summed E-state index contributed by atoms with van der Waals surface area (Å²) in [6, 6.07) is 7.29. The molecule has 0 aliphatic carbocycles. The zero-order valence-electron chi connectivity index (χ0n) is 11.5. The average Bonchev–Trinajstić information content (AvgIpc) is 2.37. The van der Waals surface area contributed by atoms with Gasteiger partial charge in [-0.1, -0.05) is 23.6 Å². The van der Waals surface area contributed by atoms with Crippen molar-refractivity contribution >= 4 is 5.97 Å². The molecule has 19 heavy (non-hydrogen) atoms. The molecule has 0 aliphatic heterocycles. The van der Waals surface area contributed by atoms with Gasteiger partial charge in [-0.3, -0.25) is 0 Å². The Bertz CT molecular complexity index is 488. The lowest BCUT2D eigenvalue weighted by molar-refractivity contribution is -0.139. The minimum absolute atomic E-state index is 0.244. The van der Waals surface area contributed by atoms with Crippen LogP contribution in [0.4, 0.5) is 0 Å². The lowest BCUT2D eigenvalue weighted by Crippen LogP contribution is -2.08. The lowest BCUT2D eigenvalue weighted by Gasteiger charge is -2.09. The molecule has 1 atom stereocenters. The molecule has 1 rings (SSSR count). The molecular formula is C16H18O3. The molecule has 0 amide bonds. The van der Waals surface area contributed by atoms with Crippen LogP contribution in [0.2, 0.25) is 0 Å². The van der Waals surface area contributed by atoms with Gasteiger partial charge >= 0.3 is 5.97 Å². The van der Waals surface area contributed by atoms with E-state index >= 15 is 0 Å². The molecule has 0 fully saturated rings. The second-order valence-corrected chi connectivity index (χ2v) is 4.40. The van der Waals surface area contributed by atoms with Crippen molar-refractivity contribution in [3.8, 4) is 18.1 Å². The maximum Gasteiger partial charge on any atom is 0.331 e. The van der Waals surface area contributed by atoms with E-state index < -0.39 is 0 Å². The third-order valence-corrected chi connectivity index (χ3v) is 2.26. The van der Waals surface area contributed by atoms with E-state index in [-0.39, 0.29) is 18.7 Å². The molecule has 0 spiro atoms. The molecule has 0 saturated carbocycles. The summed E-state index contributed by atoms with van der Waals surface area (Å²) >= 11 is 0. The van der Waals surface area contributed by atoms with Crippen LogP contribution in [0.3, 0.4) is 0 Å². The molecule has 0 heterocycles. The summed E-state index contributed by atoms with van der Waals surface area (Å²) in [4.78, 5) is 11.3. The van der Waals surface area contributed by atoms with Crippen molar-refractivity contribution in [3.05, 3.63) is 41.5 Å². The van der Waals surface area contributed by atoms with Crippen LogP contribution in [0.25, 0.3) is 0 Å². The van der Waals surface area contributed by atoms with Gasteiger partial charge < -0.3 is 9.47 Å². The number of hydrogen-bond donors (Lipinski definition) is 0. The van der Waals surface area contributed by atoms with Gasteiger partial charge in [-0.2, -0.15) is 0 Å². The number of esters is 1. The predicted octanol–water partition coefficient (Wildman–Crippen LogP) is 3.10. The SMILES string of the molecule is C#C[C@H](C)Oc1ccc(COC(=O)C=C(C)C)cc1. The smallest absolute Gasteiger partial charge is 0.331 e. The van der Waals surface area contributed by atoms with E-state index in [9.17, 15) is 4.79 Å². The molecule has 0 saturated heterocycles. The van der Waals surface area contributed by atoms with Crippen LogP contribution in [0, 0.1) is 12.3 Å². The lowest BCUT2D eigenvalue weighted by atomic mass is 10.2. The van der Waals surface area contributed by atoms with Crippen molar-refractivity contribution in [2.75, 3.05) is 0 Å². The van der Waals surface area contributed by atoms with Crippen LogP contribution in [0.5, 0.6) is 5.75 Å². The van der Waals surface area contributed by atoms with Gasteiger partial charge in [-0.05, 0) is 38.5 Å². The molecular weight excluding hydrogens is 240 g/mol. The van der Waals surface area contributed by atoms with Crippen molar-refractivity contribution < 1.29 is 14.3 Å². The number of benzene rings is 1. The number of terminal acetylenes is 1. The minimum Gasteiger partial charge on any atom is -0.478 e. The Balaban J connectivity index is 2.51. The standard InChI is InChI=1S/C16H18O3/c1-5-13(4)19-15-8-6-14(7-9-15)11-18-16(17)10-12(2)3/h1,6-10,13H,11H2,2-4H3/t13-/m0/s1. The molecule has 1 aromatic carbocycles. The number of ether oxygens (including phenoxy) is 2. The Kier molecular flexibility index (Phi) is 5.69. The van der Waals surface area contributed by atoms with Gasteiger partial charge in [0.05, 0.1) is 0 Å². The van der Waals surface area contributed by atoms with Gasteiger partial charge in [-0.25, -0.2) is 4.79 Å². The van der Waals surface area contributed by atoms with Crippen molar-refractivity contribution in [2.24, 2.45) is 0 Å². The maximum absolute atomic E-state index is 11.3. The highest BCUT2D eigenvalue weighted by molar-refractivity contribution is 5.82. The summed E-state index contributed by atoms with van der Waals surface area (Å²) in [6.45, 7) is 5.74. The van der Waals surface area contributed by atoms with E-state index in [1.807, 2.05) is 26.0 Å². The van der Waals surface area contributed by atoms with E-state index in [1.165, 1.54) is 6.08 Å². The Morgan fingerprint density at radius 1 is 1.37 bits per heavy atom.